The third-order valence-corrected chi connectivity index (χ3v) is 4.53. The van der Waals surface area contributed by atoms with Gasteiger partial charge < -0.3 is 5.11 Å². The molecule has 12 heavy (non-hydrogen) atoms. The molecule has 1 nitrogen and oxygen atoms in total. The van der Waals surface area contributed by atoms with Gasteiger partial charge in [0.1, 0.15) is 5.01 Å². The quantitative estimate of drug-likeness (QED) is 0.536. The summed E-state index contributed by atoms with van der Waals surface area (Å²) < 4.78 is 0. The number of halogens is 3. The maximum atomic E-state index is 9.09. The Morgan fingerprint density at radius 2 is 1.58 bits per heavy atom. The Bertz CT molecular complexity index is 98.3. The molecule has 0 fully saturated rings. The average molecular weight is 367 g/mol. The molecule has 4 heteroatoms. The van der Waals surface area contributed by atoms with Gasteiger partial charge in [-0.2, -0.15) is 0 Å². The van der Waals surface area contributed by atoms with Crippen LogP contribution in [-0.4, -0.2) is 20.3 Å². The summed E-state index contributed by atoms with van der Waals surface area (Å²) >= 11 is 9.93. The summed E-state index contributed by atoms with van der Waals surface area (Å²) in [5, 5.41) is 9.78. The van der Waals surface area contributed by atoms with E-state index in [9.17, 15) is 0 Å². The van der Waals surface area contributed by atoms with Crippen LogP contribution in [-0.2, 0) is 0 Å². The molecule has 2 unspecified atom stereocenters. The standard InChI is InChI=1S/C8H15Br3O/c9-6-4-2-1-3-5-7(10)8(11)12/h7-8,12H,1-6H2. The summed E-state index contributed by atoms with van der Waals surface area (Å²) in [6.07, 6.45) is 6.01. The van der Waals surface area contributed by atoms with Crippen LogP contribution in [0.1, 0.15) is 32.1 Å². The lowest BCUT2D eigenvalue weighted by atomic mass is 10.1. The first kappa shape index (κ1) is 13.4. The van der Waals surface area contributed by atoms with Crippen molar-refractivity contribution in [2.45, 2.75) is 41.9 Å². The van der Waals surface area contributed by atoms with Gasteiger partial charge in [0.25, 0.3) is 0 Å². The van der Waals surface area contributed by atoms with Crippen LogP contribution in [0.15, 0.2) is 0 Å². The molecule has 0 bridgehead atoms. The van der Waals surface area contributed by atoms with E-state index in [-0.39, 0.29) is 4.83 Å². The molecular formula is C8H15Br3O. The Morgan fingerprint density at radius 1 is 1.00 bits per heavy atom. The monoisotopic (exact) mass is 364 g/mol. The minimum absolute atomic E-state index is 0.196. The summed E-state index contributed by atoms with van der Waals surface area (Å²) in [5.41, 5.74) is 0. The molecule has 2 atom stereocenters. The van der Waals surface area contributed by atoms with E-state index in [0.29, 0.717) is 0 Å². The summed E-state index contributed by atoms with van der Waals surface area (Å²) in [6, 6.07) is 0. The molecule has 74 valence electrons. The summed E-state index contributed by atoms with van der Waals surface area (Å²) in [5.74, 6) is 0. The van der Waals surface area contributed by atoms with Crippen LogP contribution in [0.2, 0.25) is 0 Å². The third-order valence-electron chi connectivity index (χ3n) is 1.66. The molecule has 0 aliphatic rings. The Balaban J connectivity index is 3.08. The summed E-state index contributed by atoms with van der Waals surface area (Å²) in [6.45, 7) is 0. The maximum Gasteiger partial charge on any atom is 0.121 e. The molecule has 0 aliphatic carbocycles. The molecule has 0 rings (SSSR count). The van der Waals surface area contributed by atoms with E-state index in [2.05, 4.69) is 47.8 Å². The number of unbranched alkanes of at least 4 members (excludes halogenated alkanes) is 3. The normalized spacial score (nSPS) is 16.0. The highest BCUT2D eigenvalue weighted by Crippen LogP contribution is 2.18. The molecule has 0 saturated heterocycles. The fourth-order valence-corrected chi connectivity index (χ4v) is 1.91. The predicted molar refractivity (Wildman–Crippen MR) is 64.5 cm³/mol. The summed E-state index contributed by atoms with van der Waals surface area (Å²) in [4.78, 5) is 0.196. The van der Waals surface area contributed by atoms with E-state index in [0.717, 1.165) is 11.8 Å². The molecular weight excluding hydrogens is 352 g/mol. The van der Waals surface area contributed by atoms with Gasteiger partial charge in [-0.25, -0.2) is 0 Å². The first-order valence-corrected chi connectivity index (χ1v) is 7.16. The van der Waals surface area contributed by atoms with E-state index >= 15 is 0 Å². The fourth-order valence-electron chi connectivity index (χ4n) is 0.925. The second-order valence-electron chi connectivity index (χ2n) is 2.78. The van der Waals surface area contributed by atoms with Crippen molar-refractivity contribution in [2.24, 2.45) is 0 Å². The van der Waals surface area contributed by atoms with Crippen LogP contribution in [0.5, 0.6) is 0 Å². The van der Waals surface area contributed by atoms with Crippen LogP contribution in [0.25, 0.3) is 0 Å². The lowest BCUT2D eigenvalue weighted by Crippen LogP contribution is -2.12. The molecule has 0 heterocycles. The minimum Gasteiger partial charge on any atom is -0.381 e. The fraction of sp³-hybridized carbons (Fsp3) is 1.00. The van der Waals surface area contributed by atoms with Crippen molar-refractivity contribution in [1.82, 2.24) is 0 Å². The molecule has 0 spiro atoms. The van der Waals surface area contributed by atoms with Gasteiger partial charge in [-0.3, -0.25) is 0 Å². The van der Waals surface area contributed by atoms with E-state index in [1.54, 1.807) is 0 Å². The highest BCUT2D eigenvalue weighted by Gasteiger charge is 2.10. The lowest BCUT2D eigenvalue weighted by Gasteiger charge is -2.10. The van der Waals surface area contributed by atoms with Gasteiger partial charge in [0, 0.05) is 5.33 Å². The van der Waals surface area contributed by atoms with Crippen molar-refractivity contribution in [2.75, 3.05) is 5.33 Å². The van der Waals surface area contributed by atoms with Gasteiger partial charge >= 0.3 is 0 Å². The van der Waals surface area contributed by atoms with Crippen molar-refractivity contribution < 1.29 is 5.11 Å². The Morgan fingerprint density at radius 3 is 2.08 bits per heavy atom. The van der Waals surface area contributed by atoms with Crippen LogP contribution >= 0.6 is 47.8 Å². The van der Waals surface area contributed by atoms with Crippen molar-refractivity contribution in [3.63, 3.8) is 0 Å². The average Bonchev–Trinajstić information content (AvgIpc) is 2.03. The van der Waals surface area contributed by atoms with E-state index < -0.39 is 5.01 Å². The van der Waals surface area contributed by atoms with Gasteiger partial charge in [-0.1, -0.05) is 67.1 Å². The highest BCUT2D eigenvalue weighted by molar-refractivity contribution is 9.12. The lowest BCUT2D eigenvalue weighted by molar-refractivity contribution is 0.262. The second kappa shape index (κ2) is 8.97. The van der Waals surface area contributed by atoms with Crippen LogP contribution in [0.3, 0.4) is 0 Å². The number of alkyl halides is 3. The zero-order chi connectivity index (χ0) is 9.40. The van der Waals surface area contributed by atoms with Gasteiger partial charge in [-0.15, -0.1) is 0 Å². The van der Waals surface area contributed by atoms with Gasteiger partial charge in [0.15, 0.2) is 0 Å². The maximum absolute atomic E-state index is 9.09. The smallest absolute Gasteiger partial charge is 0.121 e. The molecule has 0 aromatic carbocycles. The second-order valence-corrected chi connectivity index (χ2v) is 5.69. The van der Waals surface area contributed by atoms with E-state index in [4.69, 9.17) is 5.11 Å². The predicted octanol–water partition coefficient (Wildman–Crippen LogP) is 3.81. The number of aliphatic hydroxyl groups is 1. The Hall–Kier alpha value is 1.40. The van der Waals surface area contributed by atoms with E-state index in [1.807, 2.05) is 0 Å². The van der Waals surface area contributed by atoms with Crippen molar-refractivity contribution in [3.8, 4) is 0 Å². The van der Waals surface area contributed by atoms with Crippen LogP contribution in [0.4, 0.5) is 0 Å². The molecule has 0 aromatic rings. The SMILES string of the molecule is OC(Br)C(Br)CCCCCCBr. The van der Waals surface area contributed by atoms with Crippen molar-refractivity contribution in [3.05, 3.63) is 0 Å². The highest BCUT2D eigenvalue weighted by atomic mass is 79.9. The minimum atomic E-state index is -0.409. The van der Waals surface area contributed by atoms with Crippen LogP contribution in [0, 0.1) is 0 Å². The number of hydrogen-bond acceptors (Lipinski definition) is 1. The van der Waals surface area contributed by atoms with Gasteiger partial charge in [0.2, 0.25) is 0 Å². The number of rotatable bonds is 7. The third kappa shape index (κ3) is 8.02. The summed E-state index contributed by atoms with van der Waals surface area (Å²) in [7, 11) is 0. The molecule has 0 amide bonds. The topological polar surface area (TPSA) is 20.2 Å². The van der Waals surface area contributed by atoms with Crippen LogP contribution < -0.4 is 0 Å². The Labute approximate surface area is 99.7 Å². The molecule has 0 saturated carbocycles. The Kier molecular flexibility index (Phi) is 10.0. The number of aliphatic hydroxyl groups excluding tert-OH is 1. The largest absolute Gasteiger partial charge is 0.381 e. The first-order chi connectivity index (χ1) is 5.68. The number of hydrogen-bond donors (Lipinski definition) is 1. The van der Waals surface area contributed by atoms with Gasteiger partial charge in [0.05, 0.1) is 4.83 Å². The molecule has 0 aliphatic heterocycles. The molecule has 1 N–H and O–H groups in total. The molecule has 0 aromatic heterocycles. The molecule has 0 radical (unpaired) electrons. The van der Waals surface area contributed by atoms with E-state index in [1.165, 1.54) is 25.7 Å². The zero-order valence-corrected chi connectivity index (χ0v) is 11.7. The van der Waals surface area contributed by atoms with Crippen molar-refractivity contribution >= 4 is 47.8 Å². The zero-order valence-electron chi connectivity index (χ0n) is 6.98. The van der Waals surface area contributed by atoms with Crippen molar-refractivity contribution in [1.29, 1.82) is 0 Å². The van der Waals surface area contributed by atoms with Gasteiger partial charge in [-0.05, 0) is 12.8 Å². The first-order valence-electron chi connectivity index (χ1n) is 4.20.